The number of nitrogens with zero attached hydrogens (tertiary/aromatic N) is 2. The van der Waals surface area contributed by atoms with Gasteiger partial charge in [0, 0.05) is 19.3 Å². The van der Waals surface area contributed by atoms with Crippen molar-refractivity contribution in [2.24, 2.45) is 11.1 Å². The summed E-state index contributed by atoms with van der Waals surface area (Å²) < 4.78 is 0. The maximum Gasteiger partial charge on any atom is 0.273 e. The molecule has 112 valence electrons. The van der Waals surface area contributed by atoms with Gasteiger partial charge in [0.25, 0.3) is 5.91 Å². The van der Waals surface area contributed by atoms with Gasteiger partial charge in [-0.25, -0.2) is 4.98 Å². The molecule has 1 aromatic heterocycles. The zero-order valence-corrected chi connectivity index (χ0v) is 12.9. The molecule has 2 heterocycles. The van der Waals surface area contributed by atoms with Crippen LogP contribution in [0, 0.1) is 17.3 Å². The lowest BCUT2D eigenvalue weighted by Crippen LogP contribution is -2.42. The Morgan fingerprint density at radius 2 is 2.19 bits per heavy atom. The zero-order chi connectivity index (χ0) is 15.3. The second kappa shape index (κ2) is 6.73. The monoisotopic (exact) mass is 285 g/mol. The number of amides is 1. The SMILES string of the molecule is CCC1(C)CCN(C(=O)c2ncccc2C#CCN)CC1. The third kappa shape index (κ3) is 3.62. The molecule has 0 unspecified atom stereocenters. The van der Waals surface area contributed by atoms with Gasteiger partial charge in [-0.1, -0.05) is 32.1 Å². The van der Waals surface area contributed by atoms with E-state index in [9.17, 15) is 4.79 Å². The van der Waals surface area contributed by atoms with Gasteiger partial charge < -0.3 is 10.6 Å². The molecule has 1 saturated heterocycles. The van der Waals surface area contributed by atoms with E-state index in [0.717, 1.165) is 32.4 Å². The van der Waals surface area contributed by atoms with Crippen molar-refractivity contribution in [1.82, 2.24) is 9.88 Å². The van der Waals surface area contributed by atoms with E-state index in [2.05, 4.69) is 30.7 Å². The van der Waals surface area contributed by atoms with Crippen LogP contribution in [0.4, 0.5) is 0 Å². The summed E-state index contributed by atoms with van der Waals surface area (Å²) in [7, 11) is 0. The lowest BCUT2D eigenvalue weighted by Gasteiger charge is -2.38. The Balaban J connectivity index is 2.15. The number of hydrogen-bond donors (Lipinski definition) is 1. The lowest BCUT2D eigenvalue weighted by atomic mass is 9.78. The predicted octanol–water partition coefficient (Wildman–Crippen LogP) is 2.04. The zero-order valence-electron chi connectivity index (χ0n) is 12.9. The Bertz CT molecular complexity index is 563. The number of rotatable bonds is 2. The molecule has 1 aliphatic heterocycles. The first-order valence-electron chi connectivity index (χ1n) is 7.53. The van der Waals surface area contributed by atoms with E-state index in [0.29, 0.717) is 16.7 Å². The Morgan fingerprint density at radius 3 is 2.81 bits per heavy atom. The topological polar surface area (TPSA) is 59.2 Å². The third-order valence-corrected chi connectivity index (χ3v) is 4.45. The second-order valence-electron chi connectivity index (χ2n) is 5.86. The molecule has 4 heteroatoms. The van der Waals surface area contributed by atoms with E-state index in [1.807, 2.05) is 11.0 Å². The molecule has 2 rings (SSSR count). The number of nitrogens with two attached hydrogens (primary N) is 1. The summed E-state index contributed by atoms with van der Waals surface area (Å²) in [5.74, 6) is 5.71. The summed E-state index contributed by atoms with van der Waals surface area (Å²) >= 11 is 0. The molecule has 0 aromatic carbocycles. The molecule has 0 bridgehead atoms. The van der Waals surface area contributed by atoms with Crippen LogP contribution in [-0.4, -0.2) is 35.4 Å². The molecule has 1 amide bonds. The van der Waals surface area contributed by atoms with Gasteiger partial charge in [0.15, 0.2) is 0 Å². The second-order valence-corrected chi connectivity index (χ2v) is 5.86. The molecule has 0 radical (unpaired) electrons. The van der Waals surface area contributed by atoms with Crippen LogP contribution >= 0.6 is 0 Å². The molecule has 1 fully saturated rings. The predicted molar refractivity (Wildman–Crippen MR) is 83.7 cm³/mol. The van der Waals surface area contributed by atoms with Crippen molar-refractivity contribution in [3.05, 3.63) is 29.6 Å². The van der Waals surface area contributed by atoms with Crippen LogP contribution in [0.15, 0.2) is 18.3 Å². The van der Waals surface area contributed by atoms with Gasteiger partial charge in [0.2, 0.25) is 0 Å². The molecule has 1 aliphatic rings. The van der Waals surface area contributed by atoms with E-state index < -0.39 is 0 Å². The first-order chi connectivity index (χ1) is 10.1. The van der Waals surface area contributed by atoms with Gasteiger partial charge in [-0.3, -0.25) is 4.79 Å². The Kier molecular flexibility index (Phi) is 4.98. The minimum Gasteiger partial charge on any atom is -0.337 e. The normalized spacial score (nSPS) is 17.0. The largest absolute Gasteiger partial charge is 0.337 e. The summed E-state index contributed by atoms with van der Waals surface area (Å²) in [5, 5.41) is 0. The number of likely N-dealkylation sites (tertiary alicyclic amines) is 1. The fourth-order valence-electron chi connectivity index (χ4n) is 2.58. The third-order valence-electron chi connectivity index (χ3n) is 4.45. The number of aromatic nitrogens is 1. The van der Waals surface area contributed by atoms with E-state index in [-0.39, 0.29) is 12.5 Å². The smallest absolute Gasteiger partial charge is 0.273 e. The van der Waals surface area contributed by atoms with Crippen LogP contribution in [0.2, 0.25) is 0 Å². The van der Waals surface area contributed by atoms with Crippen molar-refractivity contribution in [1.29, 1.82) is 0 Å². The van der Waals surface area contributed by atoms with Gasteiger partial charge in [0.1, 0.15) is 5.69 Å². The molecule has 21 heavy (non-hydrogen) atoms. The van der Waals surface area contributed by atoms with Crippen LogP contribution < -0.4 is 5.73 Å². The van der Waals surface area contributed by atoms with Gasteiger partial charge in [0.05, 0.1) is 12.1 Å². The van der Waals surface area contributed by atoms with Crippen molar-refractivity contribution in [2.45, 2.75) is 33.1 Å². The summed E-state index contributed by atoms with van der Waals surface area (Å²) in [6.07, 6.45) is 4.89. The quantitative estimate of drug-likeness (QED) is 0.846. The van der Waals surface area contributed by atoms with E-state index in [4.69, 9.17) is 5.73 Å². The van der Waals surface area contributed by atoms with Crippen molar-refractivity contribution in [2.75, 3.05) is 19.6 Å². The number of carbonyl (C=O) groups is 1. The van der Waals surface area contributed by atoms with Crippen LogP contribution in [-0.2, 0) is 0 Å². The number of carbonyl (C=O) groups excluding carboxylic acids is 1. The maximum absolute atomic E-state index is 12.6. The highest BCUT2D eigenvalue weighted by Gasteiger charge is 2.31. The van der Waals surface area contributed by atoms with Crippen molar-refractivity contribution in [3.63, 3.8) is 0 Å². The molecule has 0 spiro atoms. The number of piperidine rings is 1. The fraction of sp³-hybridized carbons (Fsp3) is 0.529. The maximum atomic E-state index is 12.6. The summed E-state index contributed by atoms with van der Waals surface area (Å²) in [5.41, 5.74) is 6.87. The lowest BCUT2D eigenvalue weighted by molar-refractivity contribution is 0.0594. The average Bonchev–Trinajstić information content (AvgIpc) is 2.53. The van der Waals surface area contributed by atoms with E-state index >= 15 is 0 Å². The Labute approximate surface area is 126 Å². The number of pyridine rings is 1. The summed E-state index contributed by atoms with van der Waals surface area (Å²) in [6, 6.07) is 3.62. The van der Waals surface area contributed by atoms with Gasteiger partial charge >= 0.3 is 0 Å². The van der Waals surface area contributed by atoms with Gasteiger partial charge in [-0.2, -0.15) is 0 Å². The van der Waals surface area contributed by atoms with Crippen LogP contribution in [0.3, 0.4) is 0 Å². The molecular weight excluding hydrogens is 262 g/mol. The average molecular weight is 285 g/mol. The standard InChI is InChI=1S/C17H23N3O/c1-3-17(2)8-12-20(13-9-17)16(21)15-14(6-4-10-18)7-5-11-19-15/h5,7,11H,3,8-10,12-13,18H2,1-2H3. The molecule has 0 atom stereocenters. The minimum absolute atomic E-state index is 0.0184. The number of hydrogen-bond acceptors (Lipinski definition) is 3. The molecule has 2 N–H and O–H groups in total. The molecule has 0 saturated carbocycles. The van der Waals surface area contributed by atoms with Crippen LogP contribution in [0.5, 0.6) is 0 Å². The van der Waals surface area contributed by atoms with E-state index in [1.165, 1.54) is 0 Å². The first kappa shape index (κ1) is 15.5. The van der Waals surface area contributed by atoms with Gasteiger partial charge in [-0.05, 0) is 30.4 Å². The van der Waals surface area contributed by atoms with Crippen LogP contribution in [0.25, 0.3) is 0 Å². The highest BCUT2D eigenvalue weighted by atomic mass is 16.2. The summed E-state index contributed by atoms with van der Waals surface area (Å²) in [6.45, 7) is 6.39. The van der Waals surface area contributed by atoms with E-state index in [1.54, 1.807) is 12.3 Å². The highest BCUT2D eigenvalue weighted by molar-refractivity contribution is 5.94. The molecular formula is C17H23N3O. The molecule has 4 nitrogen and oxygen atoms in total. The summed E-state index contributed by atoms with van der Waals surface area (Å²) in [4.78, 5) is 18.8. The van der Waals surface area contributed by atoms with Gasteiger partial charge in [-0.15, -0.1) is 0 Å². The Hall–Kier alpha value is -1.86. The minimum atomic E-state index is -0.0184. The van der Waals surface area contributed by atoms with Crippen molar-refractivity contribution >= 4 is 5.91 Å². The first-order valence-corrected chi connectivity index (χ1v) is 7.53. The highest BCUT2D eigenvalue weighted by Crippen LogP contribution is 2.34. The Morgan fingerprint density at radius 1 is 1.48 bits per heavy atom. The van der Waals surface area contributed by atoms with Crippen molar-refractivity contribution < 1.29 is 4.79 Å². The van der Waals surface area contributed by atoms with Crippen molar-refractivity contribution in [3.8, 4) is 11.8 Å². The molecule has 1 aromatic rings. The van der Waals surface area contributed by atoms with Crippen LogP contribution in [0.1, 0.15) is 49.2 Å². The fourth-order valence-corrected chi connectivity index (χ4v) is 2.58. The molecule has 0 aliphatic carbocycles.